The van der Waals surface area contributed by atoms with Crippen LogP contribution in [0.15, 0.2) is 53.7 Å². The van der Waals surface area contributed by atoms with Gasteiger partial charge < -0.3 is 24.5 Å². The number of amides is 2. The van der Waals surface area contributed by atoms with Gasteiger partial charge in [0.25, 0.3) is 0 Å². The summed E-state index contributed by atoms with van der Waals surface area (Å²) in [5.74, 6) is 1.42. The molecule has 2 amide bonds. The lowest BCUT2D eigenvalue weighted by Crippen LogP contribution is -2.40. The Morgan fingerprint density at radius 2 is 1.93 bits per heavy atom. The van der Waals surface area contributed by atoms with E-state index in [-0.39, 0.29) is 12.1 Å². The summed E-state index contributed by atoms with van der Waals surface area (Å²) in [5.41, 5.74) is 2.51. The number of anilines is 1. The van der Waals surface area contributed by atoms with Crippen molar-refractivity contribution in [1.82, 2.24) is 4.90 Å². The van der Waals surface area contributed by atoms with E-state index in [1.807, 2.05) is 55.5 Å². The third-order valence-electron chi connectivity index (χ3n) is 4.71. The number of ether oxygens (including phenoxy) is 2. The second kappa shape index (κ2) is 9.82. The van der Waals surface area contributed by atoms with Crippen LogP contribution in [0.1, 0.15) is 25.3 Å². The van der Waals surface area contributed by atoms with E-state index in [4.69, 9.17) is 14.3 Å². The van der Waals surface area contributed by atoms with Crippen molar-refractivity contribution in [3.8, 4) is 11.5 Å². The number of hydrogen-bond acceptors (Lipinski definition) is 5. The van der Waals surface area contributed by atoms with Gasteiger partial charge in [-0.15, -0.1) is 0 Å². The molecule has 0 saturated carbocycles. The predicted octanol–water partition coefficient (Wildman–Crippen LogP) is 4.14. The maximum absolute atomic E-state index is 12.8. The Balaban J connectivity index is 1.61. The van der Waals surface area contributed by atoms with Gasteiger partial charge in [-0.3, -0.25) is 0 Å². The van der Waals surface area contributed by atoms with E-state index in [9.17, 15) is 4.79 Å². The normalized spacial score (nSPS) is 15.3. The van der Waals surface area contributed by atoms with E-state index in [2.05, 4.69) is 10.5 Å². The molecular weight excluding hydrogens is 370 g/mol. The summed E-state index contributed by atoms with van der Waals surface area (Å²) in [6.07, 6.45) is 1.31. The zero-order chi connectivity index (χ0) is 20.6. The highest BCUT2D eigenvalue weighted by atomic mass is 16.6. The molecule has 0 radical (unpaired) electrons. The average molecular weight is 397 g/mol. The number of benzene rings is 2. The molecule has 1 heterocycles. The summed E-state index contributed by atoms with van der Waals surface area (Å²) in [6, 6.07) is 14.9. The number of hydrogen-bond donors (Lipinski definition) is 1. The first kappa shape index (κ1) is 20.5. The van der Waals surface area contributed by atoms with Crippen LogP contribution in [0, 0.1) is 0 Å². The van der Waals surface area contributed by atoms with Crippen molar-refractivity contribution < 1.29 is 19.1 Å². The number of nitrogens with one attached hydrogen (secondary N) is 1. The zero-order valence-corrected chi connectivity index (χ0v) is 17.1. The minimum Gasteiger partial charge on any atom is -0.497 e. The Labute approximate surface area is 171 Å². The molecule has 0 aliphatic carbocycles. The summed E-state index contributed by atoms with van der Waals surface area (Å²) in [4.78, 5) is 20.2. The summed E-state index contributed by atoms with van der Waals surface area (Å²) < 4.78 is 10.5. The summed E-state index contributed by atoms with van der Waals surface area (Å²) in [5, 5.41) is 7.16. The van der Waals surface area contributed by atoms with Crippen LogP contribution >= 0.6 is 0 Å². The zero-order valence-electron chi connectivity index (χ0n) is 17.1. The molecule has 29 heavy (non-hydrogen) atoms. The molecule has 7 nitrogen and oxygen atoms in total. The van der Waals surface area contributed by atoms with Gasteiger partial charge >= 0.3 is 6.03 Å². The summed E-state index contributed by atoms with van der Waals surface area (Å²) in [7, 11) is 3.22. The van der Waals surface area contributed by atoms with E-state index in [0.717, 1.165) is 23.4 Å². The maximum atomic E-state index is 12.8. The lowest BCUT2D eigenvalue weighted by molar-refractivity contribution is 0.0623. The Morgan fingerprint density at radius 3 is 2.62 bits per heavy atom. The number of oxime groups is 1. The Kier molecular flexibility index (Phi) is 6.94. The largest absolute Gasteiger partial charge is 0.497 e. The molecule has 154 valence electrons. The highest BCUT2D eigenvalue weighted by molar-refractivity contribution is 6.01. The first-order chi connectivity index (χ1) is 14.1. The first-order valence-corrected chi connectivity index (χ1v) is 9.70. The van der Waals surface area contributed by atoms with Gasteiger partial charge in [-0.05, 0) is 48.4 Å². The molecule has 2 aromatic rings. The molecule has 3 rings (SSSR count). The first-order valence-electron chi connectivity index (χ1n) is 9.70. The van der Waals surface area contributed by atoms with Gasteiger partial charge in [0.2, 0.25) is 0 Å². The van der Waals surface area contributed by atoms with Crippen LogP contribution in [0.5, 0.6) is 11.5 Å². The van der Waals surface area contributed by atoms with Crippen LogP contribution in [-0.2, 0) is 4.84 Å². The third-order valence-corrected chi connectivity index (χ3v) is 4.71. The van der Waals surface area contributed by atoms with Gasteiger partial charge in [-0.1, -0.05) is 24.2 Å². The van der Waals surface area contributed by atoms with Crippen molar-refractivity contribution in [2.24, 2.45) is 5.16 Å². The number of rotatable bonds is 8. The van der Waals surface area contributed by atoms with Crippen LogP contribution < -0.4 is 14.8 Å². The standard InChI is InChI=1S/C22H27N3O4/c1-4-13-25(22(26)23-19-7-5-6-8-21(19)28-3)15-18-14-20(24-29-18)16-9-11-17(27-2)12-10-16/h5-12,18H,4,13-15H2,1-3H3,(H,23,26)/t18-/m0/s1. The van der Waals surface area contributed by atoms with Crippen molar-refractivity contribution in [3.05, 3.63) is 54.1 Å². The molecule has 1 N–H and O–H groups in total. The minimum atomic E-state index is -0.183. The number of methoxy groups -OCH3 is 2. The number of urea groups is 1. The number of para-hydroxylation sites is 2. The van der Waals surface area contributed by atoms with E-state index < -0.39 is 0 Å². The highest BCUT2D eigenvalue weighted by Gasteiger charge is 2.26. The van der Waals surface area contributed by atoms with Crippen molar-refractivity contribution in [2.75, 3.05) is 32.6 Å². The molecule has 0 unspecified atom stereocenters. The van der Waals surface area contributed by atoms with Crippen molar-refractivity contribution in [1.29, 1.82) is 0 Å². The molecule has 2 aromatic carbocycles. The van der Waals surface area contributed by atoms with E-state index in [1.54, 1.807) is 19.1 Å². The quantitative estimate of drug-likeness (QED) is 0.727. The topological polar surface area (TPSA) is 72.4 Å². The van der Waals surface area contributed by atoms with Gasteiger partial charge in [0.1, 0.15) is 11.5 Å². The lowest BCUT2D eigenvalue weighted by atomic mass is 10.0. The Bertz CT molecular complexity index is 851. The van der Waals surface area contributed by atoms with Crippen molar-refractivity contribution >= 4 is 17.4 Å². The van der Waals surface area contributed by atoms with E-state index in [0.29, 0.717) is 30.9 Å². The van der Waals surface area contributed by atoms with Crippen LogP contribution in [0.3, 0.4) is 0 Å². The molecule has 1 atom stereocenters. The molecule has 0 bridgehead atoms. The summed E-state index contributed by atoms with van der Waals surface area (Å²) in [6.45, 7) is 3.12. The van der Waals surface area contributed by atoms with Crippen LogP contribution in [-0.4, -0.2) is 50.1 Å². The Hall–Kier alpha value is -3.22. The fraction of sp³-hybridized carbons (Fsp3) is 0.364. The molecule has 1 aliphatic heterocycles. The molecule has 0 spiro atoms. The van der Waals surface area contributed by atoms with E-state index >= 15 is 0 Å². The van der Waals surface area contributed by atoms with Gasteiger partial charge in [0.05, 0.1) is 32.2 Å². The number of carbonyl (C=O) groups is 1. The van der Waals surface area contributed by atoms with Gasteiger partial charge in [0.15, 0.2) is 6.10 Å². The summed E-state index contributed by atoms with van der Waals surface area (Å²) >= 11 is 0. The van der Waals surface area contributed by atoms with Crippen molar-refractivity contribution in [2.45, 2.75) is 25.9 Å². The minimum absolute atomic E-state index is 0.179. The van der Waals surface area contributed by atoms with Crippen molar-refractivity contribution in [3.63, 3.8) is 0 Å². The maximum Gasteiger partial charge on any atom is 0.322 e. The fourth-order valence-electron chi connectivity index (χ4n) is 3.21. The lowest BCUT2D eigenvalue weighted by Gasteiger charge is -2.25. The fourth-order valence-corrected chi connectivity index (χ4v) is 3.21. The SMILES string of the molecule is CCCN(C[C@@H]1CC(c2ccc(OC)cc2)=NO1)C(=O)Nc1ccccc1OC. The van der Waals surface area contributed by atoms with Crippen LogP contribution in [0.4, 0.5) is 10.5 Å². The molecule has 1 aliphatic rings. The van der Waals surface area contributed by atoms with Gasteiger partial charge in [-0.25, -0.2) is 4.79 Å². The highest BCUT2D eigenvalue weighted by Crippen LogP contribution is 2.24. The Morgan fingerprint density at radius 1 is 1.17 bits per heavy atom. The second-order valence-electron chi connectivity index (χ2n) is 6.77. The number of carbonyl (C=O) groups excluding carboxylic acids is 1. The molecule has 0 saturated heterocycles. The van der Waals surface area contributed by atoms with Crippen LogP contribution in [0.25, 0.3) is 0 Å². The van der Waals surface area contributed by atoms with E-state index in [1.165, 1.54) is 0 Å². The smallest absolute Gasteiger partial charge is 0.322 e. The predicted molar refractivity (Wildman–Crippen MR) is 113 cm³/mol. The molecule has 0 aromatic heterocycles. The van der Waals surface area contributed by atoms with Gasteiger partial charge in [-0.2, -0.15) is 0 Å². The molecule has 7 heteroatoms. The van der Waals surface area contributed by atoms with Gasteiger partial charge in [0, 0.05) is 13.0 Å². The van der Waals surface area contributed by atoms with Crippen LogP contribution in [0.2, 0.25) is 0 Å². The monoisotopic (exact) mass is 397 g/mol. The molecular formula is C22H27N3O4. The average Bonchev–Trinajstić information content (AvgIpc) is 3.22. The third kappa shape index (κ3) is 5.19. The molecule has 0 fully saturated rings. The number of nitrogens with zero attached hydrogens (tertiary/aromatic N) is 2. The second-order valence-corrected chi connectivity index (χ2v) is 6.77.